The van der Waals surface area contributed by atoms with Gasteiger partial charge >= 0.3 is 0 Å². The summed E-state index contributed by atoms with van der Waals surface area (Å²) in [4.78, 5) is 9.31. The molecule has 0 spiro atoms. The van der Waals surface area contributed by atoms with Crippen LogP contribution in [0.3, 0.4) is 0 Å². The van der Waals surface area contributed by atoms with Crippen molar-refractivity contribution in [3.8, 4) is 17.2 Å². The maximum atomic E-state index is 10.3. The third-order valence-electron chi connectivity index (χ3n) is 6.31. The van der Waals surface area contributed by atoms with E-state index in [1.54, 1.807) is 19.6 Å². The minimum absolute atomic E-state index is 0.169. The molecule has 2 aromatic carbocycles. The van der Waals surface area contributed by atoms with Crippen molar-refractivity contribution in [3.05, 3.63) is 71.8 Å². The predicted octanol–water partition coefficient (Wildman–Crippen LogP) is 4.13. The predicted molar refractivity (Wildman–Crippen MR) is 120 cm³/mol. The van der Waals surface area contributed by atoms with Crippen LogP contribution in [0.2, 0.25) is 0 Å². The van der Waals surface area contributed by atoms with Gasteiger partial charge in [-0.3, -0.25) is 4.99 Å². The van der Waals surface area contributed by atoms with E-state index in [2.05, 4.69) is 35.3 Å². The number of methoxy groups -OCH3 is 1. The first kappa shape index (κ1) is 19.8. The van der Waals surface area contributed by atoms with Gasteiger partial charge < -0.3 is 19.1 Å². The van der Waals surface area contributed by atoms with Crippen LogP contribution in [0.5, 0.6) is 11.5 Å². The number of aromatic nitrogens is 2. The molecule has 1 saturated carbocycles. The lowest BCUT2D eigenvalue weighted by Gasteiger charge is -2.37. The molecule has 1 aliphatic heterocycles. The Kier molecular flexibility index (Phi) is 5.24. The Balaban J connectivity index is 1.61. The SMILES string of the molecule is CCOc1cc2c(cc1OC)C(c1ccc(-n3ccnc3)cc1)=N[C@H]1CC[C@H](O)C[C@@H]21. The van der Waals surface area contributed by atoms with Crippen molar-refractivity contribution in [1.29, 1.82) is 0 Å². The first-order chi connectivity index (χ1) is 15.2. The van der Waals surface area contributed by atoms with Crippen LogP contribution in [0.25, 0.3) is 5.69 Å². The van der Waals surface area contributed by atoms with E-state index >= 15 is 0 Å². The number of aliphatic hydroxyl groups excluding tert-OH is 1. The molecule has 1 fully saturated rings. The zero-order valence-electron chi connectivity index (χ0n) is 17.9. The van der Waals surface area contributed by atoms with Gasteiger partial charge in [0.2, 0.25) is 0 Å². The zero-order chi connectivity index (χ0) is 21.4. The summed E-state index contributed by atoms with van der Waals surface area (Å²) in [6.07, 6.45) is 7.62. The van der Waals surface area contributed by atoms with Crippen molar-refractivity contribution in [2.45, 2.75) is 44.2 Å². The summed E-state index contributed by atoms with van der Waals surface area (Å²) in [7, 11) is 1.66. The van der Waals surface area contributed by atoms with E-state index < -0.39 is 0 Å². The smallest absolute Gasteiger partial charge is 0.161 e. The monoisotopic (exact) mass is 417 g/mol. The van der Waals surface area contributed by atoms with E-state index in [0.29, 0.717) is 12.4 Å². The summed E-state index contributed by atoms with van der Waals surface area (Å²) in [5, 5.41) is 10.3. The molecule has 6 nitrogen and oxygen atoms in total. The highest BCUT2D eigenvalue weighted by Gasteiger charge is 2.37. The van der Waals surface area contributed by atoms with Crippen LogP contribution in [0, 0.1) is 0 Å². The van der Waals surface area contributed by atoms with Crippen molar-refractivity contribution < 1.29 is 14.6 Å². The molecule has 3 atom stereocenters. The maximum Gasteiger partial charge on any atom is 0.161 e. The lowest BCUT2D eigenvalue weighted by molar-refractivity contribution is 0.111. The van der Waals surface area contributed by atoms with Gasteiger partial charge in [0.25, 0.3) is 0 Å². The van der Waals surface area contributed by atoms with E-state index in [4.69, 9.17) is 14.5 Å². The molecule has 0 saturated heterocycles. The van der Waals surface area contributed by atoms with Crippen molar-refractivity contribution in [2.75, 3.05) is 13.7 Å². The summed E-state index contributed by atoms with van der Waals surface area (Å²) in [5.74, 6) is 1.65. The molecular weight excluding hydrogens is 390 g/mol. The van der Waals surface area contributed by atoms with E-state index in [-0.39, 0.29) is 18.1 Å². The van der Waals surface area contributed by atoms with Crippen LogP contribution in [0.15, 0.2) is 60.1 Å². The van der Waals surface area contributed by atoms with Crippen LogP contribution in [-0.2, 0) is 0 Å². The molecule has 0 radical (unpaired) electrons. The number of aliphatic hydroxyl groups is 1. The third-order valence-corrected chi connectivity index (χ3v) is 6.31. The molecule has 5 rings (SSSR count). The van der Waals surface area contributed by atoms with Gasteiger partial charge in [-0.05, 0) is 56.0 Å². The number of imidazole rings is 1. The zero-order valence-corrected chi connectivity index (χ0v) is 17.9. The molecule has 6 heteroatoms. The summed E-state index contributed by atoms with van der Waals surface area (Å²) >= 11 is 0. The fourth-order valence-electron chi connectivity index (χ4n) is 4.81. The van der Waals surface area contributed by atoms with Gasteiger partial charge in [-0.1, -0.05) is 12.1 Å². The molecule has 1 aliphatic carbocycles. The third kappa shape index (κ3) is 3.61. The Bertz CT molecular complexity index is 1090. The molecule has 31 heavy (non-hydrogen) atoms. The summed E-state index contributed by atoms with van der Waals surface area (Å²) in [6, 6.07) is 12.7. The molecule has 0 amide bonds. The van der Waals surface area contributed by atoms with Crippen LogP contribution < -0.4 is 9.47 Å². The van der Waals surface area contributed by atoms with Crippen LogP contribution in [-0.4, -0.2) is 46.2 Å². The first-order valence-electron chi connectivity index (χ1n) is 10.9. The van der Waals surface area contributed by atoms with Crippen molar-refractivity contribution in [1.82, 2.24) is 9.55 Å². The first-order valence-corrected chi connectivity index (χ1v) is 10.9. The summed E-state index contributed by atoms with van der Waals surface area (Å²) in [5.41, 5.74) is 5.36. The van der Waals surface area contributed by atoms with Crippen LogP contribution in [0.1, 0.15) is 48.8 Å². The van der Waals surface area contributed by atoms with E-state index in [9.17, 15) is 5.11 Å². The lowest BCUT2D eigenvalue weighted by Crippen LogP contribution is -2.34. The molecular formula is C25H27N3O3. The number of rotatable bonds is 5. The highest BCUT2D eigenvalue weighted by Crippen LogP contribution is 2.45. The number of nitrogens with zero attached hydrogens (tertiary/aromatic N) is 3. The number of ether oxygens (including phenoxy) is 2. The summed E-state index contributed by atoms with van der Waals surface area (Å²) < 4.78 is 13.5. The molecule has 0 bridgehead atoms. The number of hydrogen-bond acceptors (Lipinski definition) is 5. The Hall–Kier alpha value is -3.12. The number of benzene rings is 2. The number of hydrogen-bond donors (Lipinski definition) is 1. The second-order valence-electron chi connectivity index (χ2n) is 8.16. The average molecular weight is 418 g/mol. The van der Waals surface area contributed by atoms with Crippen LogP contribution >= 0.6 is 0 Å². The quantitative estimate of drug-likeness (QED) is 0.678. The summed E-state index contributed by atoms with van der Waals surface area (Å²) in [6.45, 7) is 2.54. The van der Waals surface area contributed by atoms with Gasteiger partial charge in [0.05, 0.1) is 37.9 Å². The standard InChI is InChI=1S/C25H27N3O3/c1-3-31-24-13-19-20-12-18(29)8-9-22(20)27-25(21(19)14-23(24)30-2)16-4-6-17(7-5-16)28-11-10-26-15-28/h4-7,10-11,13-15,18,20,22,29H,3,8-9,12H2,1-2H3/t18-,20-,22-/m0/s1. The highest BCUT2D eigenvalue weighted by atomic mass is 16.5. The largest absolute Gasteiger partial charge is 0.493 e. The number of fused-ring (bicyclic) bond motifs is 3. The van der Waals surface area contributed by atoms with Gasteiger partial charge in [-0.15, -0.1) is 0 Å². The Morgan fingerprint density at radius 2 is 1.97 bits per heavy atom. The molecule has 2 aliphatic rings. The van der Waals surface area contributed by atoms with Gasteiger partial charge in [-0.2, -0.15) is 0 Å². The Morgan fingerprint density at radius 3 is 2.68 bits per heavy atom. The Morgan fingerprint density at radius 1 is 1.13 bits per heavy atom. The van der Waals surface area contributed by atoms with Crippen molar-refractivity contribution in [3.63, 3.8) is 0 Å². The molecule has 1 aromatic heterocycles. The molecule has 160 valence electrons. The Labute approximate surface area is 182 Å². The second kappa shape index (κ2) is 8.19. The molecule has 3 aromatic rings. The number of aliphatic imine (C=N–C) groups is 1. The van der Waals surface area contributed by atoms with E-state index in [0.717, 1.165) is 47.5 Å². The van der Waals surface area contributed by atoms with Gasteiger partial charge in [0.15, 0.2) is 11.5 Å². The average Bonchev–Trinajstić information content (AvgIpc) is 3.34. The maximum absolute atomic E-state index is 10.3. The fourth-order valence-corrected chi connectivity index (χ4v) is 4.81. The minimum atomic E-state index is -0.280. The van der Waals surface area contributed by atoms with Gasteiger partial charge in [0.1, 0.15) is 0 Å². The topological polar surface area (TPSA) is 68.9 Å². The van der Waals surface area contributed by atoms with Crippen molar-refractivity contribution >= 4 is 5.71 Å². The van der Waals surface area contributed by atoms with Gasteiger partial charge in [-0.25, -0.2) is 4.98 Å². The van der Waals surface area contributed by atoms with Crippen LogP contribution in [0.4, 0.5) is 0 Å². The highest BCUT2D eigenvalue weighted by molar-refractivity contribution is 6.15. The van der Waals surface area contributed by atoms with Crippen molar-refractivity contribution in [2.24, 2.45) is 4.99 Å². The van der Waals surface area contributed by atoms with E-state index in [1.165, 1.54) is 5.56 Å². The second-order valence-corrected chi connectivity index (χ2v) is 8.16. The van der Waals surface area contributed by atoms with Gasteiger partial charge in [0, 0.05) is 35.1 Å². The molecule has 1 N–H and O–H groups in total. The lowest BCUT2D eigenvalue weighted by atomic mass is 9.74. The fraction of sp³-hybridized carbons (Fsp3) is 0.360. The molecule has 2 heterocycles. The minimum Gasteiger partial charge on any atom is -0.493 e. The van der Waals surface area contributed by atoms with E-state index in [1.807, 2.05) is 23.8 Å². The molecule has 0 unspecified atom stereocenters. The normalized spacial score (nSPS) is 22.3.